The molecule has 2 rings (SSSR count). The highest BCUT2D eigenvalue weighted by Gasteiger charge is 2.17. The van der Waals surface area contributed by atoms with Gasteiger partial charge in [-0.3, -0.25) is 4.79 Å². The fraction of sp³-hybridized carbons (Fsp3) is 0.364. The van der Waals surface area contributed by atoms with E-state index in [0.29, 0.717) is 5.82 Å². The number of likely N-dealkylation sites (N-methyl/N-ethyl adjacent to an activating group) is 1. The standard InChI is InChI=1S/C11H15N5OS2/c1-6-14-7(5-18-6)9-10(12)15-19-11(9)13-4-8(17)16(2)3/h5,13H,4H2,1-3H3,(H2,12,15). The Morgan fingerprint density at radius 3 is 2.84 bits per heavy atom. The summed E-state index contributed by atoms with van der Waals surface area (Å²) in [5.74, 6) is 0.433. The third kappa shape index (κ3) is 3.02. The second kappa shape index (κ2) is 5.54. The number of aromatic nitrogens is 2. The van der Waals surface area contributed by atoms with Crippen LogP contribution in [-0.4, -0.2) is 40.8 Å². The highest BCUT2D eigenvalue weighted by Crippen LogP contribution is 2.36. The molecule has 2 aromatic rings. The number of aryl methyl sites for hydroxylation is 1. The van der Waals surface area contributed by atoms with E-state index < -0.39 is 0 Å². The SMILES string of the molecule is Cc1nc(-c2c(N)nsc2NCC(=O)N(C)C)cs1. The van der Waals surface area contributed by atoms with Gasteiger partial charge in [-0.1, -0.05) is 0 Å². The molecule has 8 heteroatoms. The van der Waals surface area contributed by atoms with Gasteiger partial charge < -0.3 is 16.0 Å². The molecule has 0 aliphatic carbocycles. The first-order valence-electron chi connectivity index (χ1n) is 5.60. The van der Waals surface area contributed by atoms with Crippen molar-refractivity contribution in [3.8, 4) is 11.3 Å². The minimum Gasteiger partial charge on any atom is -0.382 e. The third-order valence-corrected chi connectivity index (χ3v) is 4.09. The number of nitrogen functional groups attached to an aromatic ring is 1. The van der Waals surface area contributed by atoms with E-state index in [2.05, 4.69) is 14.7 Å². The van der Waals surface area contributed by atoms with Crippen molar-refractivity contribution in [3.05, 3.63) is 10.4 Å². The topological polar surface area (TPSA) is 84.1 Å². The molecule has 6 nitrogen and oxygen atoms in total. The molecule has 0 saturated carbocycles. The van der Waals surface area contributed by atoms with Crippen molar-refractivity contribution < 1.29 is 4.79 Å². The summed E-state index contributed by atoms with van der Waals surface area (Å²) in [5, 5.41) is 6.76. The van der Waals surface area contributed by atoms with E-state index >= 15 is 0 Å². The molecule has 2 aromatic heterocycles. The van der Waals surface area contributed by atoms with Crippen molar-refractivity contribution in [3.63, 3.8) is 0 Å². The van der Waals surface area contributed by atoms with Crippen LogP contribution in [0.4, 0.5) is 10.8 Å². The molecule has 1 amide bonds. The van der Waals surface area contributed by atoms with E-state index in [1.807, 2.05) is 12.3 Å². The lowest BCUT2D eigenvalue weighted by molar-refractivity contribution is -0.126. The van der Waals surface area contributed by atoms with Crippen LogP contribution in [0, 0.1) is 6.92 Å². The monoisotopic (exact) mass is 297 g/mol. The minimum absolute atomic E-state index is 0.00706. The Hall–Kier alpha value is -1.67. The van der Waals surface area contributed by atoms with E-state index in [9.17, 15) is 4.79 Å². The predicted molar refractivity (Wildman–Crippen MR) is 79.6 cm³/mol. The van der Waals surface area contributed by atoms with E-state index in [1.165, 1.54) is 16.4 Å². The summed E-state index contributed by atoms with van der Waals surface area (Å²) in [6, 6.07) is 0. The number of nitrogens with two attached hydrogens (primary N) is 1. The summed E-state index contributed by atoms with van der Waals surface area (Å²) >= 11 is 2.80. The smallest absolute Gasteiger partial charge is 0.241 e. The molecule has 0 fully saturated rings. The average molecular weight is 297 g/mol. The van der Waals surface area contributed by atoms with E-state index in [0.717, 1.165) is 21.3 Å². The summed E-state index contributed by atoms with van der Waals surface area (Å²) < 4.78 is 4.12. The largest absolute Gasteiger partial charge is 0.382 e. The quantitative estimate of drug-likeness (QED) is 0.896. The molecule has 3 N–H and O–H groups in total. The van der Waals surface area contributed by atoms with Crippen LogP contribution in [0.25, 0.3) is 11.3 Å². The second-order valence-corrected chi connectivity index (χ2v) is 6.00. The Kier molecular flexibility index (Phi) is 4.01. The number of amides is 1. The molecular weight excluding hydrogens is 282 g/mol. The van der Waals surface area contributed by atoms with Gasteiger partial charge in [-0.15, -0.1) is 11.3 Å². The maximum absolute atomic E-state index is 11.6. The number of hydrogen-bond donors (Lipinski definition) is 2. The van der Waals surface area contributed by atoms with Gasteiger partial charge in [0.25, 0.3) is 0 Å². The van der Waals surface area contributed by atoms with E-state index in [4.69, 9.17) is 5.73 Å². The van der Waals surface area contributed by atoms with Crippen LogP contribution in [-0.2, 0) is 4.79 Å². The Balaban J connectivity index is 2.21. The number of carbonyl (C=O) groups is 1. The van der Waals surface area contributed by atoms with Gasteiger partial charge in [-0.25, -0.2) is 4.98 Å². The van der Waals surface area contributed by atoms with Crippen molar-refractivity contribution in [2.45, 2.75) is 6.92 Å². The van der Waals surface area contributed by atoms with Gasteiger partial charge in [-0.2, -0.15) is 4.37 Å². The Morgan fingerprint density at radius 2 is 2.26 bits per heavy atom. The number of nitrogens with zero attached hydrogens (tertiary/aromatic N) is 3. The lowest BCUT2D eigenvalue weighted by atomic mass is 10.2. The van der Waals surface area contributed by atoms with Gasteiger partial charge in [0, 0.05) is 19.5 Å². The fourth-order valence-electron chi connectivity index (χ4n) is 1.46. The van der Waals surface area contributed by atoms with Gasteiger partial charge in [0.2, 0.25) is 5.91 Å². The first-order valence-corrected chi connectivity index (χ1v) is 7.26. The van der Waals surface area contributed by atoms with Crippen molar-refractivity contribution >= 4 is 39.6 Å². The Labute approximate surface area is 119 Å². The van der Waals surface area contributed by atoms with Crippen LogP contribution < -0.4 is 11.1 Å². The molecule has 0 bridgehead atoms. The minimum atomic E-state index is -0.00706. The van der Waals surface area contributed by atoms with Crippen molar-refractivity contribution in [2.75, 3.05) is 31.7 Å². The van der Waals surface area contributed by atoms with Gasteiger partial charge >= 0.3 is 0 Å². The summed E-state index contributed by atoms with van der Waals surface area (Å²) in [4.78, 5) is 17.5. The maximum Gasteiger partial charge on any atom is 0.241 e. The zero-order valence-corrected chi connectivity index (χ0v) is 12.6. The van der Waals surface area contributed by atoms with Crippen LogP contribution in [0.2, 0.25) is 0 Å². The maximum atomic E-state index is 11.6. The predicted octanol–water partition coefficient (Wildman–Crippen LogP) is 1.66. The van der Waals surface area contributed by atoms with Gasteiger partial charge in [0.05, 0.1) is 22.8 Å². The molecule has 0 aromatic carbocycles. The lowest BCUT2D eigenvalue weighted by Crippen LogP contribution is -2.28. The number of carbonyl (C=O) groups excluding carboxylic acids is 1. The van der Waals surface area contributed by atoms with Crippen LogP contribution >= 0.6 is 22.9 Å². The second-order valence-electron chi connectivity index (χ2n) is 4.17. The number of nitrogens with one attached hydrogen (secondary N) is 1. The molecule has 0 aliphatic heterocycles. The molecule has 0 aliphatic rings. The zero-order chi connectivity index (χ0) is 14.0. The summed E-state index contributed by atoms with van der Waals surface area (Å²) in [6.07, 6.45) is 0. The fourth-order valence-corrected chi connectivity index (χ4v) is 2.78. The molecule has 0 atom stereocenters. The summed E-state index contributed by atoms with van der Waals surface area (Å²) in [6.45, 7) is 2.15. The van der Waals surface area contributed by atoms with Crippen LogP contribution in [0.15, 0.2) is 5.38 Å². The van der Waals surface area contributed by atoms with E-state index in [1.54, 1.807) is 25.4 Å². The first-order chi connectivity index (χ1) is 8.99. The van der Waals surface area contributed by atoms with Crippen LogP contribution in [0.5, 0.6) is 0 Å². The molecule has 0 unspecified atom stereocenters. The summed E-state index contributed by atoms with van der Waals surface area (Å²) in [7, 11) is 3.44. The van der Waals surface area contributed by atoms with Crippen molar-refractivity contribution in [1.82, 2.24) is 14.3 Å². The van der Waals surface area contributed by atoms with Gasteiger partial charge in [0.15, 0.2) is 0 Å². The molecular formula is C11H15N5OS2. The molecule has 0 radical (unpaired) electrons. The molecule has 102 valence electrons. The highest BCUT2D eigenvalue weighted by atomic mass is 32.1. The molecule has 2 heterocycles. The van der Waals surface area contributed by atoms with Gasteiger partial charge in [0.1, 0.15) is 10.8 Å². The first kappa shape index (κ1) is 13.8. The van der Waals surface area contributed by atoms with Crippen LogP contribution in [0.3, 0.4) is 0 Å². The average Bonchev–Trinajstić information content (AvgIpc) is 2.92. The van der Waals surface area contributed by atoms with E-state index in [-0.39, 0.29) is 12.5 Å². The van der Waals surface area contributed by atoms with Crippen molar-refractivity contribution in [2.24, 2.45) is 0 Å². The molecule has 0 saturated heterocycles. The molecule has 0 spiro atoms. The number of hydrogen-bond acceptors (Lipinski definition) is 7. The number of thiazole rings is 1. The molecule has 19 heavy (non-hydrogen) atoms. The normalized spacial score (nSPS) is 10.5. The highest BCUT2D eigenvalue weighted by molar-refractivity contribution is 7.11. The number of anilines is 2. The van der Waals surface area contributed by atoms with Gasteiger partial charge in [-0.05, 0) is 18.5 Å². The Morgan fingerprint density at radius 1 is 1.53 bits per heavy atom. The third-order valence-electron chi connectivity index (χ3n) is 2.49. The lowest BCUT2D eigenvalue weighted by Gasteiger charge is -2.11. The number of rotatable bonds is 4. The summed E-state index contributed by atoms with van der Waals surface area (Å²) in [5.41, 5.74) is 7.46. The Bertz CT molecular complexity index is 590. The van der Waals surface area contributed by atoms with Crippen molar-refractivity contribution in [1.29, 1.82) is 0 Å². The zero-order valence-electron chi connectivity index (χ0n) is 10.9. The van der Waals surface area contributed by atoms with Crippen LogP contribution in [0.1, 0.15) is 5.01 Å².